The van der Waals surface area contributed by atoms with E-state index in [1.807, 2.05) is 29.3 Å². The van der Waals surface area contributed by atoms with Gasteiger partial charge in [0.2, 0.25) is 0 Å². The van der Waals surface area contributed by atoms with Crippen LogP contribution in [0.3, 0.4) is 0 Å². The maximum Gasteiger partial charge on any atom is 0.169 e. The van der Waals surface area contributed by atoms with Gasteiger partial charge in [0, 0.05) is 19.3 Å². The Morgan fingerprint density at radius 3 is 3.11 bits per heavy atom. The number of fused-ring (bicyclic) bond motifs is 1. The monoisotopic (exact) mass is 242 g/mol. The van der Waals surface area contributed by atoms with Gasteiger partial charge in [-0.15, -0.1) is 0 Å². The molecule has 1 atom stereocenters. The Morgan fingerprint density at radius 1 is 1.44 bits per heavy atom. The molecule has 0 bridgehead atoms. The summed E-state index contributed by atoms with van der Waals surface area (Å²) in [5, 5.41) is 19.0. The molecule has 1 saturated heterocycles. The second kappa shape index (κ2) is 4.31. The van der Waals surface area contributed by atoms with Gasteiger partial charge in [-0.2, -0.15) is 5.26 Å². The summed E-state index contributed by atoms with van der Waals surface area (Å²) in [4.78, 5) is 6.50. The summed E-state index contributed by atoms with van der Waals surface area (Å²) in [5.74, 6) is 0.683. The predicted molar refractivity (Wildman–Crippen MR) is 67.4 cm³/mol. The molecule has 0 radical (unpaired) electrons. The number of rotatable bonds is 1. The molecule has 0 spiro atoms. The van der Waals surface area contributed by atoms with E-state index in [1.54, 1.807) is 4.40 Å². The molecule has 5 heteroatoms. The maximum absolute atomic E-state index is 9.72. The Balaban J connectivity index is 2.08. The predicted octanol–water partition coefficient (Wildman–Crippen LogP) is 1.17. The number of hydrogen-bond acceptors (Lipinski definition) is 4. The van der Waals surface area contributed by atoms with Gasteiger partial charge < -0.3 is 10.0 Å². The zero-order chi connectivity index (χ0) is 12.5. The molecule has 0 aromatic carbocycles. The normalized spacial score (nSPS) is 20.0. The van der Waals surface area contributed by atoms with Crippen molar-refractivity contribution < 1.29 is 5.11 Å². The molecule has 1 fully saturated rings. The first kappa shape index (κ1) is 11.1. The van der Waals surface area contributed by atoms with Crippen LogP contribution in [0.25, 0.3) is 5.65 Å². The molecule has 92 valence electrons. The van der Waals surface area contributed by atoms with Crippen LogP contribution in [0.1, 0.15) is 18.5 Å². The Hall–Kier alpha value is -2.06. The summed E-state index contributed by atoms with van der Waals surface area (Å²) in [5.41, 5.74) is 1.31. The van der Waals surface area contributed by atoms with Crippen LogP contribution in [0.15, 0.2) is 24.4 Å². The molecule has 0 saturated carbocycles. The first-order valence-corrected chi connectivity index (χ1v) is 6.10. The molecule has 0 aliphatic carbocycles. The number of imidazole rings is 1. The SMILES string of the molecule is N#Cc1c(N2CCCC(O)C2)nc2ccccn12. The minimum Gasteiger partial charge on any atom is -0.391 e. The van der Waals surface area contributed by atoms with Crippen molar-refractivity contribution in [2.45, 2.75) is 18.9 Å². The maximum atomic E-state index is 9.72. The van der Waals surface area contributed by atoms with E-state index in [1.165, 1.54) is 0 Å². The second-order valence-corrected chi connectivity index (χ2v) is 4.57. The molecule has 3 heterocycles. The van der Waals surface area contributed by atoms with Crippen molar-refractivity contribution in [2.75, 3.05) is 18.0 Å². The lowest BCUT2D eigenvalue weighted by atomic mass is 10.1. The van der Waals surface area contributed by atoms with Crippen LogP contribution >= 0.6 is 0 Å². The van der Waals surface area contributed by atoms with Crippen molar-refractivity contribution in [3.05, 3.63) is 30.1 Å². The van der Waals surface area contributed by atoms with Crippen LogP contribution in [0, 0.1) is 11.3 Å². The first-order chi connectivity index (χ1) is 8.79. The summed E-state index contributed by atoms with van der Waals surface area (Å²) >= 11 is 0. The lowest BCUT2D eigenvalue weighted by Crippen LogP contribution is -2.38. The zero-order valence-corrected chi connectivity index (χ0v) is 9.95. The minimum absolute atomic E-state index is 0.324. The van der Waals surface area contributed by atoms with E-state index in [4.69, 9.17) is 0 Å². The smallest absolute Gasteiger partial charge is 0.169 e. The highest BCUT2D eigenvalue weighted by Gasteiger charge is 2.23. The van der Waals surface area contributed by atoms with E-state index in [2.05, 4.69) is 11.1 Å². The van der Waals surface area contributed by atoms with E-state index in [-0.39, 0.29) is 6.10 Å². The van der Waals surface area contributed by atoms with Crippen molar-refractivity contribution in [3.8, 4) is 6.07 Å². The fourth-order valence-corrected chi connectivity index (χ4v) is 2.45. The summed E-state index contributed by atoms with van der Waals surface area (Å²) in [6, 6.07) is 7.87. The highest BCUT2D eigenvalue weighted by atomic mass is 16.3. The summed E-state index contributed by atoms with van der Waals surface area (Å²) in [6.45, 7) is 1.40. The number of aliphatic hydroxyl groups is 1. The number of aliphatic hydroxyl groups excluding tert-OH is 1. The average molecular weight is 242 g/mol. The van der Waals surface area contributed by atoms with Crippen LogP contribution < -0.4 is 4.90 Å². The largest absolute Gasteiger partial charge is 0.391 e. The van der Waals surface area contributed by atoms with Crippen molar-refractivity contribution in [2.24, 2.45) is 0 Å². The Morgan fingerprint density at radius 2 is 2.33 bits per heavy atom. The van der Waals surface area contributed by atoms with Gasteiger partial charge in [-0.05, 0) is 25.0 Å². The van der Waals surface area contributed by atoms with Crippen molar-refractivity contribution in [3.63, 3.8) is 0 Å². The Bertz CT molecular complexity index is 613. The third-order valence-electron chi connectivity index (χ3n) is 3.31. The molecule has 1 N–H and O–H groups in total. The number of pyridine rings is 1. The third kappa shape index (κ3) is 1.71. The van der Waals surface area contributed by atoms with Gasteiger partial charge in [0.05, 0.1) is 6.10 Å². The molecular formula is C13H14N4O. The highest BCUT2D eigenvalue weighted by molar-refractivity contribution is 5.60. The second-order valence-electron chi connectivity index (χ2n) is 4.57. The van der Waals surface area contributed by atoms with Crippen molar-refractivity contribution in [1.82, 2.24) is 9.38 Å². The number of nitriles is 1. The van der Waals surface area contributed by atoms with Gasteiger partial charge in [0.25, 0.3) is 0 Å². The number of nitrogens with zero attached hydrogens (tertiary/aromatic N) is 4. The van der Waals surface area contributed by atoms with Crippen molar-refractivity contribution >= 4 is 11.5 Å². The zero-order valence-electron chi connectivity index (χ0n) is 9.95. The molecule has 2 aromatic heterocycles. The number of hydrogen-bond donors (Lipinski definition) is 1. The van der Waals surface area contributed by atoms with Gasteiger partial charge in [0.1, 0.15) is 11.7 Å². The van der Waals surface area contributed by atoms with Crippen LogP contribution in [0.2, 0.25) is 0 Å². The van der Waals surface area contributed by atoms with Crippen LogP contribution in [0.4, 0.5) is 5.82 Å². The fraction of sp³-hybridized carbons (Fsp3) is 0.385. The van der Waals surface area contributed by atoms with Gasteiger partial charge in [0.15, 0.2) is 11.5 Å². The summed E-state index contributed by atoms with van der Waals surface area (Å²) < 4.78 is 1.79. The fourth-order valence-electron chi connectivity index (χ4n) is 2.45. The number of aromatic nitrogens is 2. The molecule has 5 nitrogen and oxygen atoms in total. The average Bonchev–Trinajstić information content (AvgIpc) is 2.77. The molecular weight excluding hydrogens is 228 g/mol. The number of piperidine rings is 1. The number of anilines is 1. The van der Waals surface area contributed by atoms with E-state index in [0.29, 0.717) is 18.1 Å². The van der Waals surface area contributed by atoms with E-state index < -0.39 is 0 Å². The van der Waals surface area contributed by atoms with Gasteiger partial charge in [-0.1, -0.05) is 6.07 Å². The molecule has 18 heavy (non-hydrogen) atoms. The van der Waals surface area contributed by atoms with E-state index in [0.717, 1.165) is 25.0 Å². The van der Waals surface area contributed by atoms with Gasteiger partial charge in [-0.3, -0.25) is 4.40 Å². The Kier molecular flexibility index (Phi) is 2.65. The standard InChI is InChI=1S/C13H14N4O/c14-8-11-13(16-6-3-4-10(18)9-16)15-12-5-1-2-7-17(11)12/h1-2,5,7,10,18H,3-4,6,9H2. The molecule has 0 amide bonds. The first-order valence-electron chi connectivity index (χ1n) is 6.10. The lowest BCUT2D eigenvalue weighted by molar-refractivity contribution is 0.154. The van der Waals surface area contributed by atoms with Gasteiger partial charge in [-0.25, -0.2) is 4.98 Å². The van der Waals surface area contributed by atoms with E-state index in [9.17, 15) is 10.4 Å². The quantitative estimate of drug-likeness (QED) is 0.815. The molecule has 3 rings (SSSR count). The molecule has 1 unspecified atom stereocenters. The lowest BCUT2D eigenvalue weighted by Gasteiger charge is -2.30. The third-order valence-corrected chi connectivity index (χ3v) is 3.31. The van der Waals surface area contributed by atoms with Crippen LogP contribution in [-0.2, 0) is 0 Å². The summed E-state index contributed by atoms with van der Waals surface area (Å²) in [7, 11) is 0. The topological polar surface area (TPSA) is 64.6 Å². The molecule has 2 aromatic rings. The van der Waals surface area contributed by atoms with Crippen molar-refractivity contribution in [1.29, 1.82) is 5.26 Å². The van der Waals surface area contributed by atoms with Crippen LogP contribution in [-0.4, -0.2) is 33.7 Å². The Labute approximate surface area is 105 Å². The summed E-state index contributed by atoms with van der Waals surface area (Å²) in [6.07, 6.45) is 3.27. The highest BCUT2D eigenvalue weighted by Crippen LogP contribution is 2.24. The molecule has 1 aliphatic rings. The molecule has 1 aliphatic heterocycles. The van der Waals surface area contributed by atoms with Crippen LogP contribution in [0.5, 0.6) is 0 Å². The number of β-amino-alcohol motifs (C(OH)–C–C–N with tert-alkyl or cyclic N) is 1. The van der Waals surface area contributed by atoms with Gasteiger partial charge >= 0.3 is 0 Å². The van der Waals surface area contributed by atoms with E-state index >= 15 is 0 Å². The minimum atomic E-state index is -0.324.